The Bertz CT molecular complexity index is 134. The number of carbonyl (C=O) groups is 3. The van der Waals surface area contributed by atoms with Gasteiger partial charge in [0.15, 0.2) is 0 Å². The maximum Gasteiger partial charge on any atom is 2.00 e. The predicted molar refractivity (Wildman–Crippen MR) is 83.9 cm³/mol. The molecule has 143 valence electrons. The van der Waals surface area contributed by atoms with E-state index in [1.165, 1.54) is 4.90 Å². The van der Waals surface area contributed by atoms with Crippen molar-refractivity contribution in [3.63, 3.8) is 0 Å². The minimum atomic E-state index is -0.745. The van der Waals surface area contributed by atoms with E-state index in [0.717, 1.165) is 6.41 Å². The molecule has 0 heterocycles. The average molecular weight is 393 g/mol. The van der Waals surface area contributed by atoms with Gasteiger partial charge in [0.1, 0.15) is 6.79 Å². The van der Waals surface area contributed by atoms with Crippen molar-refractivity contribution in [1.29, 1.82) is 0 Å². The predicted octanol–water partition coefficient (Wildman–Crippen LogP) is -1.59. The summed E-state index contributed by atoms with van der Waals surface area (Å²) in [6.07, 6.45) is 0.972. The topological polar surface area (TPSA) is 201 Å². The van der Waals surface area contributed by atoms with Crippen LogP contribution in [0.3, 0.4) is 0 Å². The summed E-state index contributed by atoms with van der Waals surface area (Å²) in [7, 11) is 3.38. The van der Waals surface area contributed by atoms with Crippen LogP contribution in [0.2, 0.25) is 0 Å². The SMILES string of the molecule is C=O.CCC(=O)O.CN(C)C=O.Cl.O.O.O.O.[CH2-]C.[CH3-].[Cu+2]. The van der Waals surface area contributed by atoms with Crippen LogP contribution in [0.25, 0.3) is 0 Å². The third-order valence-corrected chi connectivity index (χ3v) is 0.513. The number of halogens is 1. The summed E-state index contributed by atoms with van der Waals surface area (Å²) in [4.78, 5) is 28.2. The number of carboxylic acids is 1. The van der Waals surface area contributed by atoms with Crippen LogP contribution in [0, 0.1) is 14.4 Å². The number of aliphatic carboxylic acids is 1. The molecule has 0 aliphatic heterocycles. The first-order valence-corrected chi connectivity index (χ1v) is 3.87. The van der Waals surface area contributed by atoms with Gasteiger partial charge in [-0.1, -0.05) is 6.92 Å². The summed E-state index contributed by atoms with van der Waals surface area (Å²) < 4.78 is 0. The minimum Gasteiger partial charge on any atom is -0.481 e. The van der Waals surface area contributed by atoms with Crippen LogP contribution in [-0.2, 0) is 31.5 Å². The van der Waals surface area contributed by atoms with Gasteiger partial charge in [0, 0.05) is 20.5 Å². The Labute approximate surface area is 144 Å². The van der Waals surface area contributed by atoms with E-state index in [1.54, 1.807) is 27.9 Å². The number of carbonyl (C=O) groups excluding carboxylic acids is 2. The Morgan fingerprint density at radius 2 is 1.24 bits per heavy atom. The van der Waals surface area contributed by atoms with Crippen LogP contribution in [0.4, 0.5) is 0 Å². The van der Waals surface area contributed by atoms with Crippen LogP contribution in [-0.4, -0.2) is 65.2 Å². The fourth-order valence-corrected chi connectivity index (χ4v) is 0. The molecule has 0 aliphatic carbocycles. The van der Waals surface area contributed by atoms with Gasteiger partial charge in [-0.05, 0) is 0 Å². The van der Waals surface area contributed by atoms with Crippen molar-refractivity contribution >= 4 is 31.6 Å². The first-order chi connectivity index (χ1) is 6.54. The molecular weight excluding hydrogens is 361 g/mol. The molecule has 21 heavy (non-hydrogen) atoms. The summed E-state index contributed by atoms with van der Waals surface area (Å²) in [5.74, 6) is -0.745. The molecule has 9 nitrogen and oxygen atoms in total. The maximum absolute atomic E-state index is 9.43. The zero-order valence-corrected chi connectivity index (χ0v) is 14.8. The van der Waals surface area contributed by atoms with Crippen molar-refractivity contribution in [2.24, 2.45) is 0 Å². The van der Waals surface area contributed by atoms with E-state index < -0.39 is 5.97 Å². The molecule has 0 spiro atoms. The van der Waals surface area contributed by atoms with Gasteiger partial charge in [-0.25, -0.2) is 0 Å². The van der Waals surface area contributed by atoms with Crippen molar-refractivity contribution in [1.82, 2.24) is 4.90 Å². The summed E-state index contributed by atoms with van der Waals surface area (Å²) >= 11 is 0. The van der Waals surface area contributed by atoms with Crippen molar-refractivity contribution in [3.05, 3.63) is 14.4 Å². The molecule has 0 bridgehead atoms. The van der Waals surface area contributed by atoms with Crippen LogP contribution in [0.5, 0.6) is 0 Å². The third-order valence-electron chi connectivity index (χ3n) is 0.513. The normalized spacial score (nSPS) is 3.86. The number of amides is 1. The fourth-order valence-electron chi connectivity index (χ4n) is 0. The molecule has 0 rings (SSSR count). The molecule has 11 heteroatoms. The molecule has 0 saturated heterocycles. The van der Waals surface area contributed by atoms with Crippen LogP contribution in [0.1, 0.15) is 20.3 Å². The van der Waals surface area contributed by atoms with E-state index in [9.17, 15) is 9.59 Å². The molecule has 1 amide bonds. The molecule has 0 saturated carbocycles. The zero-order chi connectivity index (χ0) is 12.6. The number of nitrogens with zero attached hydrogens (tertiary/aromatic N) is 1. The van der Waals surface area contributed by atoms with E-state index in [-0.39, 0.29) is 65.2 Å². The van der Waals surface area contributed by atoms with Crippen LogP contribution in [0.15, 0.2) is 0 Å². The second-order valence-electron chi connectivity index (χ2n) is 1.82. The van der Waals surface area contributed by atoms with Crippen molar-refractivity contribution in [3.8, 4) is 0 Å². The molecule has 1 radical (unpaired) electrons. The molecule has 0 fully saturated rings. The summed E-state index contributed by atoms with van der Waals surface area (Å²) in [5.41, 5.74) is 0. The first kappa shape index (κ1) is 87.6. The molecule has 0 aliphatic rings. The number of hydrogen-bond donors (Lipinski definition) is 1. The number of carboxylic acid groups (broad SMARTS) is 1. The molecule has 0 aromatic heterocycles. The number of rotatable bonds is 2. The Kier molecular flexibility index (Phi) is 509. The van der Waals surface area contributed by atoms with Gasteiger partial charge in [0.25, 0.3) is 0 Å². The third kappa shape index (κ3) is 540. The smallest absolute Gasteiger partial charge is 0.481 e. The van der Waals surface area contributed by atoms with Crippen molar-refractivity contribution < 1.29 is 58.5 Å². The van der Waals surface area contributed by atoms with E-state index in [0.29, 0.717) is 0 Å². The quantitative estimate of drug-likeness (QED) is 0.335. The Morgan fingerprint density at radius 3 is 1.24 bits per heavy atom. The molecule has 0 aromatic carbocycles. The minimum absolute atomic E-state index is 0. The Balaban J connectivity index is -0.00000000673. The van der Waals surface area contributed by atoms with Crippen LogP contribution < -0.4 is 0 Å². The van der Waals surface area contributed by atoms with Gasteiger partial charge in [-0.3, -0.25) is 9.59 Å². The molecular formula is C10H32ClCuNO8. The second kappa shape index (κ2) is 122. The first-order valence-electron chi connectivity index (χ1n) is 3.87. The molecule has 9 N–H and O–H groups in total. The number of hydrogen-bond acceptors (Lipinski definition) is 3. The van der Waals surface area contributed by atoms with Crippen molar-refractivity contribution in [2.45, 2.75) is 20.3 Å². The van der Waals surface area contributed by atoms with E-state index in [2.05, 4.69) is 6.92 Å². The summed E-state index contributed by atoms with van der Waals surface area (Å²) in [5, 5.41) is 7.72. The summed E-state index contributed by atoms with van der Waals surface area (Å²) in [6.45, 7) is 8.60. The standard InChI is InChI=1S/C3H7NO.C3H6O2.C2H5.CH2O.CH3.ClH.Cu.4H2O/c1-4(2)3-5;1-2-3(4)5;2*1-2;;;;;;;/h3H,1-2H3;2H2,1H3,(H,4,5);1H2,2H3;1H2;1H3;1H;;4*1H2/q;;-1;;-1;;+2;;;;. The fraction of sp³-hybridized carbons (Fsp3) is 0.500. The Hall–Kier alpha value is -0.741. The van der Waals surface area contributed by atoms with Gasteiger partial charge < -0.3 is 51.1 Å². The van der Waals surface area contributed by atoms with Crippen LogP contribution >= 0.6 is 12.4 Å². The van der Waals surface area contributed by atoms with Gasteiger partial charge in [0.2, 0.25) is 6.41 Å². The largest absolute Gasteiger partial charge is 2.00 e. The second-order valence-corrected chi connectivity index (χ2v) is 1.82. The van der Waals surface area contributed by atoms with Crippen molar-refractivity contribution in [2.75, 3.05) is 14.1 Å². The van der Waals surface area contributed by atoms with Gasteiger partial charge >= 0.3 is 23.0 Å². The summed E-state index contributed by atoms with van der Waals surface area (Å²) in [6, 6.07) is 0. The van der Waals surface area contributed by atoms with Gasteiger partial charge in [-0.2, -0.15) is 6.92 Å². The molecule has 0 atom stereocenters. The molecule has 0 unspecified atom stereocenters. The van der Waals surface area contributed by atoms with E-state index in [4.69, 9.17) is 9.90 Å². The van der Waals surface area contributed by atoms with Gasteiger partial charge in [-0.15, -0.1) is 12.4 Å². The van der Waals surface area contributed by atoms with E-state index >= 15 is 0 Å². The Morgan fingerprint density at radius 1 is 1.14 bits per heavy atom. The average Bonchev–Trinajstić information content (AvgIpc) is 2.24. The zero-order valence-electron chi connectivity index (χ0n) is 13.0. The molecule has 0 aromatic rings. The van der Waals surface area contributed by atoms with Gasteiger partial charge in [0.05, 0.1) is 0 Å². The maximum atomic E-state index is 9.43. The monoisotopic (exact) mass is 392 g/mol. The van der Waals surface area contributed by atoms with E-state index in [1.807, 2.05) is 6.79 Å².